The molecule has 0 saturated carbocycles. The second-order valence-corrected chi connectivity index (χ2v) is 5.77. The third kappa shape index (κ3) is 5.39. The first kappa shape index (κ1) is 18.7. The molecule has 0 aromatic heterocycles. The highest BCUT2D eigenvalue weighted by Crippen LogP contribution is 2.16. The van der Waals surface area contributed by atoms with E-state index < -0.39 is 12.0 Å². The molecule has 0 heterocycles. The van der Waals surface area contributed by atoms with Gasteiger partial charge in [-0.05, 0) is 30.5 Å². The van der Waals surface area contributed by atoms with E-state index in [1.165, 1.54) is 18.7 Å². The number of amides is 2. The summed E-state index contributed by atoms with van der Waals surface area (Å²) in [7, 11) is 0. The van der Waals surface area contributed by atoms with E-state index in [1.807, 2.05) is 12.1 Å². The number of carboxylic acid groups (broad SMARTS) is 1. The third-order valence-electron chi connectivity index (χ3n) is 3.64. The van der Waals surface area contributed by atoms with Gasteiger partial charge in [0, 0.05) is 25.6 Å². The predicted molar refractivity (Wildman–Crippen MR) is 87.3 cm³/mol. The summed E-state index contributed by atoms with van der Waals surface area (Å²) in [5.74, 6) is -1.31. The molecule has 1 aromatic rings. The zero-order valence-electron chi connectivity index (χ0n) is 14.0. The number of hydrogen-bond donors (Lipinski definition) is 2. The summed E-state index contributed by atoms with van der Waals surface area (Å²) < 4.78 is 0. The first-order chi connectivity index (χ1) is 10.7. The van der Waals surface area contributed by atoms with Gasteiger partial charge in [0.05, 0.1) is 0 Å². The molecule has 0 fully saturated rings. The number of benzene rings is 1. The second-order valence-electron chi connectivity index (χ2n) is 5.77. The van der Waals surface area contributed by atoms with Gasteiger partial charge in [-0.1, -0.05) is 26.0 Å². The van der Waals surface area contributed by atoms with Crippen LogP contribution < -0.4 is 5.32 Å². The zero-order chi connectivity index (χ0) is 17.6. The molecule has 0 aliphatic heterocycles. The summed E-state index contributed by atoms with van der Waals surface area (Å²) in [4.78, 5) is 36.0. The van der Waals surface area contributed by atoms with E-state index in [0.717, 1.165) is 5.56 Å². The van der Waals surface area contributed by atoms with E-state index in [-0.39, 0.29) is 24.9 Å². The Morgan fingerprint density at radius 2 is 1.70 bits per heavy atom. The van der Waals surface area contributed by atoms with Crippen molar-refractivity contribution in [1.29, 1.82) is 0 Å². The van der Waals surface area contributed by atoms with Gasteiger partial charge in [-0.2, -0.15) is 0 Å². The number of carboxylic acids is 1. The molecule has 0 spiro atoms. The summed E-state index contributed by atoms with van der Waals surface area (Å²) in [5, 5.41) is 11.8. The minimum absolute atomic E-state index is 0.137. The first-order valence-electron chi connectivity index (χ1n) is 7.62. The molecule has 0 aliphatic rings. The Morgan fingerprint density at radius 1 is 1.13 bits per heavy atom. The van der Waals surface area contributed by atoms with Crippen LogP contribution in [0.1, 0.15) is 49.5 Å². The molecule has 2 N–H and O–H groups in total. The van der Waals surface area contributed by atoms with Crippen LogP contribution in [-0.4, -0.2) is 46.9 Å². The lowest BCUT2D eigenvalue weighted by Gasteiger charge is -2.26. The molecule has 0 bridgehead atoms. The van der Waals surface area contributed by atoms with Crippen molar-refractivity contribution in [2.45, 2.75) is 39.7 Å². The van der Waals surface area contributed by atoms with Crippen LogP contribution in [0.4, 0.5) is 0 Å². The molecule has 1 aromatic carbocycles. The molecule has 2 amide bonds. The Hall–Kier alpha value is -2.37. The highest BCUT2D eigenvalue weighted by atomic mass is 16.4. The minimum Gasteiger partial charge on any atom is -0.480 e. The second kappa shape index (κ2) is 8.31. The lowest BCUT2D eigenvalue weighted by molar-refractivity contribution is -0.141. The minimum atomic E-state index is -1.08. The van der Waals surface area contributed by atoms with Gasteiger partial charge in [-0.25, -0.2) is 4.79 Å². The van der Waals surface area contributed by atoms with Gasteiger partial charge in [0.25, 0.3) is 5.91 Å². The Kier molecular flexibility index (Phi) is 6.75. The molecule has 0 radical (unpaired) electrons. The van der Waals surface area contributed by atoms with Crippen molar-refractivity contribution in [3.63, 3.8) is 0 Å². The maximum atomic E-state index is 12.6. The molecule has 1 unspecified atom stereocenters. The molecular formula is C17H24N2O4. The molecular weight excluding hydrogens is 296 g/mol. The Bertz CT molecular complexity index is 566. The standard InChI is InChI=1S/C17H24N2O4/c1-11(2)14-5-7-15(8-6-14)16(21)19(12(3)17(22)23)10-9-18-13(4)20/h5-8,11-12H,9-10H2,1-4H3,(H,18,20)(H,22,23). The highest BCUT2D eigenvalue weighted by Gasteiger charge is 2.26. The van der Waals surface area contributed by atoms with Crippen LogP contribution >= 0.6 is 0 Å². The van der Waals surface area contributed by atoms with E-state index in [4.69, 9.17) is 0 Å². The number of rotatable bonds is 7. The molecule has 126 valence electrons. The van der Waals surface area contributed by atoms with Crippen LogP contribution in [-0.2, 0) is 9.59 Å². The van der Waals surface area contributed by atoms with Gasteiger partial charge < -0.3 is 15.3 Å². The zero-order valence-corrected chi connectivity index (χ0v) is 14.0. The molecule has 1 atom stereocenters. The van der Waals surface area contributed by atoms with Crippen molar-refractivity contribution in [3.8, 4) is 0 Å². The number of nitrogens with zero attached hydrogens (tertiary/aromatic N) is 1. The van der Waals surface area contributed by atoms with E-state index in [9.17, 15) is 19.5 Å². The molecule has 0 aliphatic carbocycles. The number of hydrogen-bond acceptors (Lipinski definition) is 3. The van der Waals surface area contributed by atoms with Gasteiger partial charge in [-0.15, -0.1) is 0 Å². The van der Waals surface area contributed by atoms with Gasteiger partial charge in [0.1, 0.15) is 6.04 Å². The van der Waals surface area contributed by atoms with Crippen molar-refractivity contribution >= 4 is 17.8 Å². The van der Waals surface area contributed by atoms with Gasteiger partial charge >= 0.3 is 5.97 Å². The maximum Gasteiger partial charge on any atom is 0.326 e. The largest absolute Gasteiger partial charge is 0.480 e. The van der Waals surface area contributed by atoms with Crippen molar-refractivity contribution < 1.29 is 19.5 Å². The summed E-state index contributed by atoms with van der Waals surface area (Å²) in [6.07, 6.45) is 0. The number of carbonyl (C=O) groups excluding carboxylic acids is 2. The van der Waals surface area contributed by atoms with Crippen molar-refractivity contribution in [2.75, 3.05) is 13.1 Å². The summed E-state index contributed by atoms with van der Waals surface area (Å²) in [6, 6.07) is 6.18. The van der Waals surface area contributed by atoms with E-state index in [2.05, 4.69) is 19.2 Å². The number of nitrogens with one attached hydrogen (secondary N) is 1. The number of aliphatic carboxylic acids is 1. The summed E-state index contributed by atoms with van der Waals surface area (Å²) >= 11 is 0. The van der Waals surface area contributed by atoms with Gasteiger partial charge in [0.2, 0.25) is 5.91 Å². The molecule has 1 rings (SSSR count). The maximum absolute atomic E-state index is 12.6. The molecule has 23 heavy (non-hydrogen) atoms. The normalized spacial score (nSPS) is 11.9. The Labute approximate surface area is 136 Å². The lowest BCUT2D eigenvalue weighted by Crippen LogP contribution is -2.46. The smallest absolute Gasteiger partial charge is 0.326 e. The highest BCUT2D eigenvalue weighted by molar-refractivity contribution is 5.96. The van der Waals surface area contributed by atoms with Crippen LogP contribution in [0.25, 0.3) is 0 Å². The lowest BCUT2D eigenvalue weighted by atomic mass is 10.0. The molecule has 6 nitrogen and oxygen atoms in total. The van der Waals surface area contributed by atoms with Gasteiger partial charge in [0.15, 0.2) is 0 Å². The molecule has 6 heteroatoms. The fourth-order valence-corrected chi connectivity index (χ4v) is 2.13. The van der Waals surface area contributed by atoms with Crippen molar-refractivity contribution in [3.05, 3.63) is 35.4 Å². The summed E-state index contributed by atoms with van der Waals surface area (Å²) in [5.41, 5.74) is 1.54. The van der Waals surface area contributed by atoms with Crippen molar-refractivity contribution in [1.82, 2.24) is 10.2 Å². The number of carbonyl (C=O) groups is 3. The topological polar surface area (TPSA) is 86.7 Å². The SMILES string of the molecule is CC(=O)NCCN(C(=O)c1ccc(C(C)C)cc1)C(C)C(=O)O. The third-order valence-corrected chi connectivity index (χ3v) is 3.64. The van der Waals surface area contributed by atoms with Crippen LogP contribution in [0.5, 0.6) is 0 Å². The Morgan fingerprint density at radius 3 is 2.13 bits per heavy atom. The van der Waals surface area contributed by atoms with Crippen molar-refractivity contribution in [2.24, 2.45) is 0 Å². The average molecular weight is 320 g/mol. The quantitative estimate of drug-likeness (QED) is 0.803. The van der Waals surface area contributed by atoms with E-state index in [1.54, 1.807) is 12.1 Å². The molecule has 0 saturated heterocycles. The van der Waals surface area contributed by atoms with Crippen LogP contribution in [0.2, 0.25) is 0 Å². The first-order valence-corrected chi connectivity index (χ1v) is 7.62. The van der Waals surface area contributed by atoms with E-state index in [0.29, 0.717) is 11.5 Å². The van der Waals surface area contributed by atoms with Crippen LogP contribution in [0.3, 0.4) is 0 Å². The predicted octanol–water partition coefficient (Wildman–Crippen LogP) is 1.86. The fourth-order valence-electron chi connectivity index (χ4n) is 2.13. The van der Waals surface area contributed by atoms with E-state index >= 15 is 0 Å². The Balaban J connectivity index is 2.93. The fraction of sp³-hybridized carbons (Fsp3) is 0.471. The summed E-state index contributed by atoms with van der Waals surface area (Å²) in [6.45, 7) is 7.29. The monoisotopic (exact) mass is 320 g/mol. The van der Waals surface area contributed by atoms with Crippen LogP contribution in [0.15, 0.2) is 24.3 Å². The average Bonchev–Trinajstić information content (AvgIpc) is 2.50. The van der Waals surface area contributed by atoms with Gasteiger partial charge in [-0.3, -0.25) is 9.59 Å². The van der Waals surface area contributed by atoms with Crippen LogP contribution in [0, 0.1) is 0 Å².